The van der Waals surface area contributed by atoms with Gasteiger partial charge in [0.1, 0.15) is 17.0 Å². The van der Waals surface area contributed by atoms with Crippen molar-refractivity contribution in [2.45, 2.75) is 31.7 Å². The van der Waals surface area contributed by atoms with Gasteiger partial charge in [0.05, 0.1) is 5.56 Å². The van der Waals surface area contributed by atoms with Crippen LogP contribution in [0.3, 0.4) is 0 Å². The number of nitriles is 1. The minimum absolute atomic E-state index is 0.107. The predicted octanol–water partition coefficient (Wildman–Crippen LogP) is 1.99. The van der Waals surface area contributed by atoms with Crippen LogP contribution in [0.4, 0.5) is 0 Å². The van der Waals surface area contributed by atoms with Gasteiger partial charge in [-0.3, -0.25) is 4.79 Å². The lowest BCUT2D eigenvalue weighted by atomic mass is 9.88. The number of rotatable bonds is 4. The predicted molar refractivity (Wildman–Crippen MR) is 77.4 cm³/mol. The standard InChI is InChI=1S/C13H15ClN2O4S/c1-13(2,3)11(12(17)18)16-21(19,20)10-6-9(14)5-4-8(10)7-15/h4-6,11,16H,1-3H3,(H,17,18). The molecule has 1 aromatic carbocycles. The Morgan fingerprint density at radius 1 is 1.43 bits per heavy atom. The maximum atomic E-state index is 12.3. The number of nitrogens with one attached hydrogen (secondary N) is 1. The minimum Gasteiger partial charge on any atom is -0.480 e. The Kier molecular flexibility index (Phi) is 4.99. The molecule has 8 heteroatoms. The fraction of sp³-hybridized carbons (Fsp3) is 0.385. The molecule has 0 saturated carbocycles. The van der Waals surface area contributed by atoms with E-state index in [9.17, 15) is 18.3 Å². The summed E-state index contributed by atoms with van der Waals surface area (Å²) in [5.74, 6) is -1.30. The van der Waals surface area contributed by atoms with Gasteiger partial charge in [0.25, 0.3) is 0 Å². The van der Waals surface area contributed by atoms with E-state index in [0.717, 1.165) is 6.07 Å². The molecule has 0 radical (unpaired) electrons. The zero-order chi connectivity index (χ0) is 16.4. The van der Waals surface area contributed by atoms with Crippen LogP contribution in [-0.4, -0.2) is 25.5 Å². The number of aliphatic carboxylic acids is 1. The van der Waals surface area contributed by atoms with E-state index in [1.165, 1.54) is 12.1 Å². The Hall–Kier alpha value is -1.62. The summed E-state index contributed by atoms with van der Waals surface area (Å²) in [7, 11) is -4.19. The third kappa shape index (κ3) is 4.17. The van der Waals surface area contributed by atoms with Gasteiger partial charge in [-0.25, -0.2) is 8.42 Å². The van der Waals surface area contributed by atoms with Crippen molar-refractivity contribution in [1.82, 2.24) is 4.72 Å². The van der Waals surface area contributed by atoms with Gasteiger partial charge >= 0.3 is 5.97 Å². The smallest absolute Gasteiger partial charge is 0.322 e. The molecule has 1 atom stereocenters. The second-order valence-corrected chi connectivity index (χ2v) is 7.63. The summed E-state index contributed by atoms with van der Waals surface area (Å²) in [6.07, 6.45) is 0. The van der Waals surface area contributed by atoms with Crippen molar-refractivity contribution >= 4 is 27.6 Å². The molecule has 0 amide bonds. The molecule has 0 aliphatic rings. The largest absolute Gasteiger partial charge is 0.480 e. The van der Waals surface area contributed by atoms with E-state index in [1.54, 1.807) is 26.8 Å². The molecular weight excluding hydrogens is 316 g/mol. The van der Waals surface area contributed by atoms with Crippen LogP contribution in [0.25, 0.3) is 0 Å². The van der Waals surface area contributed by atoms with Crippen LogP contribution < -0.4 is 4.72 Å². The van der Waals surface area contributed by atoms with E-state index in [0.29, 0.717) is 0 Å². The number of carbonyl (C=O) groups is 1. The average molecular weight is 331 g/mol. The maximum Gasteiger partial charge on any atom is 0.322 e. The molecule has 114 valence electrons. The Morgan fingerprint density at radius 2 is 2.00 bits per heavy atom. The Bertz CT molecular complexity index is 702. The minimum atomic E-state index is -4.19. The van der Waals surface area contributed by atoms with Crippen LogP contribution in [0.2, 0.25) is 5.02 Å². The van der Waals surface area contributed by atoms with Gasteiger partial charge in [-0.15, -0.1) is 0 Å². The lowest BCUT2D eigenvalue weighted by molar-refractivity contribution is -0.141. The number of hydrogen-bond donors (Lipinski definition) is 2. The first kappa shape index (κ1) is 17.4. The van der Waals surface area contributed by atoms with Crippen molar-refractivity contribution in [3.8, 4) is 6.07 Å². The molecule has 0 aliphatic carbocycles. The molecule has 0 saturated heterocycles. The van der Waals surface area contributed by atoms with Gasteiger partial charge < -0.3 is 5.11 Å². The first-order valence-electron chi connectivity index (χ1n) is 5.94. The summed E-state index contributed by atoms with van der Waals surface area (Å²) < 4.78 is 26.8. The zero-order valence-corrected chi connectivity index (χ0v) is 13.3. The van der Waals surface area contributed by atoms with E-state index >= 15 is 0 Å². The van der Waals surface area contributed by atoms with Crippen molar-refractivity contribution in [1.29, 1.82) is 5.26 Å². The Balaban J connectivity index is 3.33. The Labute approximate surface area is 128 Å². The number of halogens is 1. The summed E-state index contributed by atoms with van der Waals surface area (Å²) in [6.45, 7) is 4.78. The zero-order valence-electron chi connectivity index (χ0n) is 11.7. The van der Waals surface area contributed by atoms with Crippen molar-refractivity contribution in [2.75, 3.05) is 0 Å². The SMILES string of the molecule is CC(C)(C)C(NS(=O)(=O)c1cc(Cl)ccc1C#N)C(=O)O. The Morgan fingerprint density at radius 3 is 2.43 bits per heavy atom. The number of carboxylic acid groups (broad SMARTS) is 1. The fourth-order valence-corrected chi connectivity index (χ4v) is 3.44. The number of nitrogens with zero attached hydrogens (tertiary/aromatic N) is 1. The summed E-state index contributed by atoms with van der Waals surface area (Å²) in [5.41, 5.74) is -0.950. The molecule has 0 bridgehead atoms. The molecule has 1 unspecified atom stereocenters. The monoisotopic (exact) mass is 330 g/mol. The third-order valence-corrected chi connectivity index (χ3v) is 4.44. The second kappa shape index (κ2) is 6.02. The van der Waals surface area contributed by atoms with Gasteiger partial charge in [-0.05, 0) is 23.6 Å². The summed E-state index contributed by atoms with van der Waals surface area (Å²) in [5, 5.41) is 18.3. The maximum absolute atomic E-state index is 12.3. The van der Waals surface area contributed by atoms with Gasteiger partial charge in [-0.2, -0.15) is 9.98 Å². The van der Waals surface area contributed by atoms with Crippen LogP contribution in [0.1, 0.15) is 26.3 Å². The summed E-state index contributed by atoms with van der Waals surface area (Å²) >= 11 is 5.75. The van der Waals surface area contributed by atoms with E-state index in [-0.39, 0.29) is 15.5 Å². The first-order valence-corrected chi connectivity index (χ1v) is 7.80. The average Bonchev–Trinajstić information content (AvgIpc) is 2.34. The normalized spacial score (nSPS) is 13.5. The topological polar surface area (TPSA) is 107 Å². The van der Waals surface area contributed by atoms with E-state index in [1.807, 2.05) is 0 Å². The van der Waals surface area contributed by atoms with Gasteiger partial charge in [-0.1, -0.05) is 32.4 Å². The van der Waals surface area contributed by atoms with Gasteiger partial charge in [0.15, 0.2) is 0 Å². The van der Waals surface area contributed by atoms with Crippen molar-refractivity contribution in [3.63, 3.8) is 0 Å². The highest BCUT2D eigenvalue weighted by Gasteiger charge is 2.36. The molecule has 0 spiro atoms. The summed E-state index contributed by atoms with van der Waals surface area (Å²) in [6, 6.07) is 4.17. The summed E-state index contributed by atoms with van der Waals surface area (Å²) in [4.78, 5) is 10.9. The van der Waals surface area contributed by atoms with Gasteiger partial charge in [0.2, 0.25) is 10.0 Å². The van der Waals surface area contributed by atoms with Crippen LogP contribution in [0, 0.1) is 16.7 Å². The third-order valence-electron chi connectivity index (χ3n) is 2.74. The highest BCUT2D eigenvalue weighted by atomic mass is 35.5. The van der Waals surface area contributed by atoms with E-state index in [2.05, 4.69) is 4.72 Å². The lowest BCUT2D eigenvalue weighted by Crippen LogP contribution is -2.49. The van der Waals surface area contributed by atoms with Crippen molar-refractivity contribution < 1.29 is 18.3 Å². The van der Waals surface area contributed by atoms with Crippen LogP contribution in [-0.2, 0) is 14.8 Å². The number of sulfonamides is 1. The van der Waals surface area contributed by atoms with Gasteiger partial charge in [0, 0.05) is 5.02 Å². The second-order valence-electron chi connectivity index (χ2n) is 5.51. The lowest BCUT2D eigenvalue weighted by Gasteiger charge is -2.27. The quantitative estimate of drug-likeness (QED) is 0.877. The number of carboxylic acids is 1. The highest BCUT2D eigenvalue weighted by molar-refractivity contribution is 7.89. The van der Waals surface area contributed by atoms with Crippen molar-refractivity contribution in [2.24, 2.45) is 5.41 Å². The van der Waals surface area contributed by atoms with E-state index in [4.69, 9.17) is 16.9 Å². The number of benzene rings is 1. The highest BCUT2D eigenvalue weighted by Crippen LogP contribution is 2.24. The molecule has 21 heavy (non-hydrogen) atoms. The number of hydrogen-bond acceptors (Lipinski definition) is 4. The van der Waals surface area contributed by atoms with Crippen LogP contribution in [0.15, 0.2) is 23.1 Å². The fourth-order valence-electron chi connectivity index (χ4n) is 1.63. The molecule has 2 N–H and O–H groups in total. The molecule has 0 fully saturated rings. The molecule has 1 rings (SSSR count). The first-order chi connectivity index (χ1) is 9.49. The van der Waals surface area contributed by atoms with Crippen molar-refractivity contribution in [3.05, 3.63) is 28.8 Å². The van der Waals surface area contributed by atoms with Crippen LogP contribution in [0.5, 0.6) is 0 Å². The van der Waals surface area contributed by atoms with E-state index < -0.39 is 27.4 Å². The van der Waals surface area contributed by atoms with Crippen LogP contribution >= 0.6 is 11.6 Å². The molecule has 6 nitrogen and oxygen atoms in total. The molecule has 0 heterocycles. The molecular formula is C13H15ClN2O4S. The molecule has 0 aliphatic heterocycles. The molecule has 1 aromatic rings. The molecule has 0 aromatic heterocycles.